The Kier molecular flexibility index (Phi) is 3.46. The number of nitrogens with one attached hydrogen (secondary N) is 1. The SMILES string of the molecule is CC(F)(C(F)(F)F)S(=O)(=O)NS(C)(=O)=O. The highest BCUT2D eigenvalue weighted by Crippen LogP contribution is 2.37. The zero-order valence-electron chi connectivity index (χ0n) is 7.46. The first-order valence-electron chi connectivity index (χ1n) is 3.19. The van der Waals surface area contributed by atoms with Crippen LogP contribution in [0.1, 0.15) is 6.92 Å². The van der Waals surface area contributed by atoms with E-state index < -0.39 is 31.2 Å². The van der Waals surface area contributed by atoms with Crippen molar-refractivity contribution < 1.29 is 34.4 Å². The average Bonchev–Trinajstić information content (AvgIpc) is 1.77. The van der Waals surface area contributed by atoms with Crippen molar-refractivity contribution in [1.82, 2.24) is 4.13 Å². The number of hydrogen-bond donors (Lipinski definition) is 1. The third-order valence-corrected chi connectivity index (χ3v) is 4.60. The van der Waals surface area contributed by atoms with Crippen LogP contribution >= 0.6 is 0 Å². The molecule has 1 atom stereocenters. The Morgan fingerprint density at radius 2 is 1.33 bits per heavy atom. The van der Waals surface area contributed by atoms with E-state index in [1.807, 2.05) is 0 Å². The molecule has 0 fully saturated rings. The number of hydrogen-bond acceptors (Lipinski definition) is 4. The minimum Gasteiger partial charge on any atom is -0.215 e. The van der Waals surface area contributed by atoms with Crippen LogP contribution in [-0.4, -0.2) is 34.3 Å². The molecule has 0 rings (SSSR count). The highest BCUT2D eigenvalue weighted by atomic mass is 32.3. The van der Waals surface area contributed by atoms with Gasteiger partial charge in [-0.05, 0) is 6.92 Å². The predicted molar refractivity (Wildman–Crippen MR) is 42.5 cm³/mol. The highest BCUT2D eigenvalue weighted by Gasteiger charge is 2.62. The van der Waals surface area contributed by atoms with Gasteiger partial charge in [0.05, 0.1) is 6.26 Å². The van der Waals surface area contributed by atoms with E-state index >= 15 is 0 Å². The molecule has 0 bridgehead atoms. The van der Waals surface area contributed by atoms with Crippen LogP contribution in [0.5, 0.6) is 0 Å². The number of rotatable bonds is 3. The van der Waals surface area contributed by atoms with Gasteiger partial charge in [-0.25, -0.2) is 21.2 Å². The van der Waals surface area contributed by atoms with Crippen molar-refractivity contribution in [3.8, 4) is 0 Å². The molecule has 0 aliphatic carbocycles. The van der Waals surface area contributed by atoms with E-state index in [4.69, 9.17) is 0 Å². The zero-order chi connectivity index (χ0) is 12.7. The highest BCUT2D eigenvalue weighted by molar-refractivity contribution is 8.05. The molecule has 1 unspecified atom stereocenters. The first-order valence-corrected chi connectivity index (χ1v) is 6.57. The summed E-state index contributed by atoms with van der Waals surface area (Å²) in [6.45, 7) is -0.291. The number of sulfonamides is 2. The van der Waals surface area contributed by atoms with Gasteiger partial charge < -0.3 is 0 Å². The zero-order valence-corrected chi connectivity index (χ0v) is 9.09. The summed E-state index contributed by atoms with van der Waals surface area (Å²) in [5.74, 6) is 0. The maximum Gasteiger partial charge on any atom is 0.438 e. The van der Waals surface area contributed by atoms with Crippen molar-refractivity contribution in [2.24, 2.45) is 0 Å². The summed E-state index contributed by atoms with van der Waals surface area (Å²) in [6.07, 6.45) is -5.44. The first kappa shape index (κ1) is 14.6. The van der Waals surface area contributed by atoms with Crippen molar-refractivity contribution in [3.63, 3.8) is 0 Å². The maximum atomic E-state index is 12.9. The van der Waals surface area contributed by atoms with Crippen LogP contribution in [0.15, 0.2) is 0 Å². The maximum absolute atomic E-state index is 12.9. The minimum atomic E-state index is -5.73. The topological polar surface area (TPSA) is 80.3 Å². The van der Waals surface area contributed by atoms with Crippen molar-refractivity contribution in [1.29, 1.82) is 0 Å². The lowest BCUT2D eigenvalue weighted by Gasteiger charge is -2.22. The van der Waals surface area contributed by atoms with Gasteiger partial charge >= 0.3 is 11.2 Å². The average molecular weight is 273 g/mol. The molecule has 0 amide bonds. The molecule has 1 N–H and O–H groups in total. The van der Waals surface area contributed by atoms with Crippen LogP contribution in [0.2, 0.25) is 0 Å². The van der Waals surface area contributed by atoms with Gasteiger partial charge in [0.1, 0.15) is 0 Å². The van der Waals surface area contributed by atoms with Crippen LogP contribution < -0.4 is 4.13 Å². The Morgan fingerprint density at radius 3 is 1.53 bits per heavy atom. The third-order valence-electron chi connectivity index (χ3n) is 1.27. The fraction of sp³-hybridized carbons (Fsp3) is 1.00. The van der Waals surface area contributed by atoms with E-state index in [2.05, 4.69) is 0 Å². The lowest BCUT2D eigenvalue weighted by molar-refractivity contribution is -0.191. The summed E-state index contributed by atoms with van der Waals surface area (Å²) >= 11 is 0. The second kappa shape index (κ2) is 3.56. The second-order valence-corrected chi connectivity index (χ2v) is 6.76. The van der Waals surface area contributed by atoms with Gasteiger partial charge in [-0.15, -0.1) is 4.13 Å². The van der Waals surface area contributed by atoms with Crippen LogP contribution in [0.25, 0.3) is 0 Å². The van der Waals surface area contributed by atoms with Crippen LogP contribution in [0.4, 0.5) is 17.6 Å². The third kappa shape index (κ3) is 3.28. The van der Waals surface area contributed by atoms with Gasteiger partial charge in [0.15, 0.2) is 0 Å². The Morgan fingerprint density at radius 1 is 1.00 bits per heavy atom. The molecule has 5 nitrogen and oxygen atoms in total. The Labute approximate surface area is 83.6 Å². The molecule has 15 heavy (non-hydrogen) atoms. The summed E-state index contributed by atoms with van der Waals surface area (Å²) in [6, 6.07) is 0. The molecule has 0 aromatic rings. The molecule has 0 aliphatic rings. The van der Waals surface area contributed by atoms with Crippen LogP contribution in [0, 0.1) is 0 Å². The molecule has 11 heteroatoms. The smallest absolute Gasteiger partial charge is 0.215 e. The molecule has 0 spiro atoms. The van der Waals surface area contributed by atoms with Crippen molar-refractivity contribution >= 4 is 20.0 Å². The normalized spacial score (nSPS) is 18.5. The molecule has 0 saturated heterocycles. The van der Waals surface area contributed by atoms with E-state index in [0.29, 0.717) is 4.13 Å². The van der Waals surface area contributed by atoms with E-state index in [0.717, 1.165) is 0 Å². The molecule has 0 aliphatic heterocycles. The summed E-state index contributed by atoms with van der Waals surface area (Å²) < 4.78 is 91.5. The first-order chi connectivity index (χ1) is 6.21. The van der Waals surface area contributed by atoms with Gasteiger partial charge in [0.25, 0.3) is 10.0 Å². The second-order valence-electron chi connectivity index (χ2n) is 2.77. The lowest BCUT2D eigenvalue weighted by atomic mass is 10.4. The van der Waals surface area contributed by atoms with Crippen LogP contribution in [-0.2, 0) is 20.0 Å². The lowest BCUT2D eigenvalue weighted by Crippen LogP contribution is -2.52. The molecule has 0 saturated carbocycles. The summed E-state index contributed by atoms with van der Waals surface area (Å²) in [7, 11) is -10.2. The molecular weight excluding hydrogens is 266 g/mol. The van der Waals surface area contributed by atoms with Gasteiger partial charge in [-0.2, -0.15) is 13.2 Å². The minimum absolute atomic E-state index is 0.289. The van der Waals surface area contributed by atoms with Gasteiger partial charge in [0.2, 0.25) is 10.0 Å². The molecule has 0 radical (unpaired) electrons. The number of halogens is 4. The quantitative estimate of drug-likeness (QED) is 0.740. The fourth-order valence-corrected chi connectivity index (χ4v) is 2.95. The van der Waals surface area contributed by atoms with E-state index in [1.165, 1.54) is 0 Å². The molecule has 0 heterocycles. The van der Waals surface area contributed by atoms with Crippen molar-refractivity contribution in [2.45, 2.75) is 18.1 Å². The fourth-order valence-electron chi connectivity index (χ4n) is 0.430. The Bertz CT molecular complexity index is 434. The van der Waals surface area contributed by atoms with E-state index in [9.17, 15) is 34.4 Å². The predicted octanol–water partition coefficient (Wildman–Crippen LogP) is 0.113. The molecule has 0 aromatic carbocycles. The van der Waals surface area contributed by atoms with E-state index in [-0.39, 0.29) is 13.2 Å². The summed E-state index contributed by atoms with van der Waals surface area (Å²) in [4.78, 5) is 0. The monoisotopic (exact) mass is 273 g/mol. The molecular formula is C4H7F4NO4S2. The molecule has 0 aromatic heterocycles. The summed E-state index contributed by atoms with van der Waals surface area (Å²) in [5.41, 5.74) is 0. The van der Waals surface area contributed by atoms with Crippen molar-refractivity contribution in [2.75, 3.05) is 6.26 Å². The Balaban J connectivity index is 5.43. The van der Waals surface area contributed by atoms with E-state index in [1.54, 1.807) is 0 Å². The van der Waals surface area contributed by atoms with Crippen molar-refractivity contribution in [3.05, 3.63) is 0 Å². The van der Waals surface area contributed by atoms with Gasteiger partial charge in [0, 0.05) is 0 Å². The van der Waals surface area contributed by atoms with Crippen LogP contribution in [0.3, 0.4) is 0 Å². The standard InChI is InChI=1S/C4H7F4NO4S2/c1-3(5,4(6,7)8)15(12,13)9-14(2,10)11/h9H,1-2H3. The number of alkyl halides is 4. The summed E-state index contributed by atoms with van der Waals surface area (Å²) in [5, 5.41) is -4.68. The van der Waals surface area contributed by atoms with Gasteiger partial charge in [-0.1, -0.05) is 0 Å². The Hall–Kier alpha value is -0.420. The largest absolute Gasteiger partial charge is 0.438 e. The van der Waals surface area contributed by atoms with Gasteiger partial charge in [-0.3, -0.25) is 0 Å². The molecule has 92 valence electrons.